The number of hydrogen-bond donors (Lipinski definition) is 1. The van der Waals surface area contributed by atoms with E-state index in [0.29, 0.717) is 24.0 Å². The Labute approximate surface area is 93.0 Å². The number of nitrogens with one attached hydrogen (secondary N) is 1. The van der Waals surface area contributed by atoms with Crippen molar-refractivity contribution in [2.75, 3.05) is 6.54 Å². The maximum absolute atomic E-state index is 13.2. The van der Waals surface area contributed by atoms with E-state index in [1.54, 1.807) is 6.08 Å². The smallest absolute Gasteiger partial charge is 0.217 e. The number of halogens is 1. The first-order valence-corrected chi connectivity index (χ1v) is 4.79. The number of carbonyl (C=O) groups is 2. The lowest BCUT2D eigenvalue weighted by Gasteiger charge is -1.98. The van der Waals surface area contributed by atoms with Gasteiger partial charge in [0.15, 0.2) is 0 Å². The maximum Gasteiger partial charge on any atom is 0.217 e. The number of aldehydes is 1. The van der Waals surface area contributed by atoms with Crippen LogP contribution in [0.15, 0.2) is 24.3 Å². The molecule has 0 aliphatic rings. The molecule has 0 saturated carbocycles. The molecule has 0 unspecified atom stereocenters. The van der Waals surface area contributed by atoms with E-state index in [4.69, 9.17) is 0 Å². The molecule has 1 aromatic carbocycles. The summed E-state index contributed by atoms with van der Waals surface area (Å²) in [5.74, 6) is -0.545. The SMILES string of the molecule is CC(=O)NCC=Cc1cc(C=O)ccc1F. The highest BCUT2D eigenvalue weighted by Gasteiger charge is 1.99. The average Bonchev–Trinajstić information content (AvgIpc) is 2.26. The fourth-order valence-corrected chi connectivity index (χ4v) is 1.15. The largest absolute Gasteiger partial charge is 0.353 e. The predicted molar refractivity (Wildman–Crippen MR) is 59.5 cm³/mol. The van der Waals surface area contributed by atoms with Gasteiger partial charge in [-0.05, 0) is 18.2 Å². The molecule has 1 aromatic rings. The van der Waals surface area contributed by atoms with Crippen LogP contribution in [0.1, 0.15) is 22.8 Å². The van der Waals surface area contributed by atoms with E-state index in [1.807, 2.05) is 0 Å². The normalized spacial score (nSPS) is 10.4. The summed E-state index contributed by atoms with van der Waals surface area (Å²) in [4.78, 5) is 21.0. The molecule has 16 heavy (non-hydrogen) atoms. The van der Waals surface area contributed by atoms with Crippen LogP contribution in [0.5, 0.6) is 0 Å². The standard InChI is InChI=1S/C12H12FNO2/c1-9(16)14-6-2-3-11-7-10(8-15)4-5-12(11)13/h2-5,7-8H,6H2,1H3,(H,14,16). The first kappa shape index (κ1) is 12.1. The van der Waals surface area contributed by atoms with Gasteiger partial charge in [-0.2, -0.15) is 0 Å². The Morgan fingerprint density at radius 3 is 2.88 bits per heavy atom. The highest BCUT2D eigenvalue weighted by molar-refractivity contribution is 5.76. The van der Waals surface area contributed by atoms with Crippen LogP contribution in [0, 0.1) is 5.82 Å². The lowest BCUT2D eigenvalue weighted by atomic mass is 10.1. The third kappa shape index (κ3) is 3.65. The van der Waals surface area contributed by atoms with E-state index in [2.05, 4.69) is 5.32 Å². The van der Waals surface area contributed by atoms with Crippen LogP contribution in [0.4, 0.5) is 4.39 Å². The minimum atomic E-state index is -0.398. The lowest BCUT2D eigenvalue weighted by Crippen LogP contribution is -2.19. The maximum atomic E-state index is 13.2. The number of amides is 1. The summed E-state index contributed by atoms with van der Waals surface area (Å²) in [7, 11) is 0. The van der Waals surface area contributed by atoms with Gasteiger partial charge >= 0.3 is 0 Å². The van der Waals surface area contributed by atoms with Gasteiger partial charge in [-0.25, -0.2) is 4.39 Å². The molecule has 84 valence electrons. The van der Waals surface area contributed by atoms with Crippen LogP contribution in [0.2, 0.25) is 0 Å². The predicted octanol–water partition coefficient (Wildman–Crippen LogP) is 1.79. The van der Waals surface area contributed by atoms with Crippen LogP contribution in [-0.4, -0.2) is 18.7 Å². The minimum absolute atomic E-state index is 0.147. The Bertz CT molecular complexity index is 427. The van der Waals surface area contributed by atoms with Gasteiger partial charge < -0.3 is 5.32 Å². The van der Waals surface area contributed by atoms with Crippen molar-refractivity contribution in [1.29, 1.82) is 0 Å². The van der Waals surface area contributed by atoms with Crippen molar-refractivity contribution in [3.05, 3.63) is 41.2 Å². The Morgan fingerprint density at radius 2 is 2.25 bits per heavy atom. The molecule has 4 heteroatoms. The monoisotopic (exact) mass is 221 g/mol. The first-order chi connectivity index (χ1) is 7.63. The fraction of sp³-hybridized carbons (Fsp3) is 0.167. The van der Waals surface area contributed by atoms with E-state index < -0.39 is 5.82 Å². The average molecular weight is 221 g/mol. The molecule has 0 spiro atoms. The van der Waals surface area contributed by atoms with Gasteiger partial charge in [0.2, 0.25) is 5.91 Å². The number of benzene rings is 1. The summed E-state index contributed by atoms with van der Waals surface area (Å²) in [5, 5.41) is 2.55. The molecule has 1 amide bonds. The summed E-state index contributed by atoms with van der Waals surface area (Å²) in [6.07, 6.45) is 3.80. The minimum Gasteiger partial charge on any atom is -0.353 e. The molecule has 0 radical (unpaired) electrons. The molecule has 0 aliphatic heterocycles. The van der Waals surface area contributed by atoms with Gasteiger partial charge in [0.25, 0.3) is 0 Å². The fourth-order valence-electron chi connectivity index (χ4n) is 1.15. The van der Waals surface area contributed by atoms with Crippen LogP contribution in [-0.2, 0) is 4.79 Å². The molecule has 1 rings (SSSR count). The highest BCUT2D eigenvalue weighted by Crippen LogP contribution is 2.10. The van der Waals surface area contributed by atoms with Gasteiger partial charge in [-0.15, -0.1) is 0 Å². The third-order valence-electron chi connectivity index (χ3n) is 1.92. The summed E-state index contributed by atoms with van der Waals surface area (Å²) >= 11 is 0. The molecule has 0 saturated heterocycles. The summed E-state index contributed by atoms with van der Waals surface area (Å²) < 4.78 is 13.2. The van der Waals surface area contributed by atoms with Gasteiger partial charge in [0.05, 0.1) is 0 Å². The molecule has 3 nitrogen and oxygen atoms in total. The quantitative estimate of drug-likeness (QED) is 0.788. The van der Waals surface area contributed by atoms with Crippen molar-refractivity contribution >= 4 is 18.3 Å². The Morgan fingerprint density at radius 1 is 1.50 bits per heavy atom. The number of hydrogen-bond acceptors (Lipinski definition) is 2. The van der Waals surface area contributed by atoms with Crippen LogP contribution < -0.4 is 5.32 Å². The summed E-state index contributed by atoms with van der Waals surface area (Å²) in [6.45, 7) is 1.74. The lowest BCUT2D eigenvalue weighted by molar-refractivity contribution is -0.118. The molecule has 0 aromatic heterocycles. The molecule has 1 N–H and O–H groups in total. The summed E-state index contributed by atoms with van der Waals surface area (Å²) in [6, 6.07) is 4.10. The van der Waals surface area contributed by atoms with Gasteiger partial charge in [0, 0.05) is 24.6 Å². The van der Waals surface area contributed by atoms with Crippen molar-refractivity contribution in [3.8, 4) is 0 Å². The van der Waals surface area contributed by atoms with E-state index in [-0.39, 0.29) is 5.91 Å². The first-order valence-electron chi connectivity index (χ1n) is 4.79. The van der Waals surface area contributed by atoms with Crippen molar-refractivity contribution in [2.45, 2.75) is 6.92 Å². The zero-order chi connectivity index (χ0) is 12.0. The Hall–Kier alpha value is -1.97. The molecular weight excluding hydrogens is 209 g/mol. The van der Waals surface area contributed by atoms with Crippen LogP contribution in [0.25, 0.3) is 6.08 Å². The number of carbonyl (C=O) groups excluding carboxylic acids is 2. The molecule has 0 bridgehead atoms. The zero-order valence-corrected chi connectivity index (χ0v) is 8.87. The molecule has 0 heterocycles. The van der Waals surface area contributed by atoms with E-state index in [1.165, 1.54) is 31.2 Å². The Kier molecular flexibility index (Phi) is 4.39. The van der Waals surface area contributed by atoms with Gasteiger partial charge in [-0.3, -0.25) is 9.59 Å². The van der Waals surface area contributed by atoms with Crippen molar-refractivity contribution < 1.29 is 14.0 Å². The molecule has 0 atom stereocenters. The highest BCUT2D eigenvalue weighted by atomic mass is 19.1. The topological polar surface area (TPSA) is 46.2 Å². The molecule has 0 aliphatic carbocycles. The second kappa shape index (κ2) is 5.80. The van der Waals surface area contributed by atoms with Gasteiger partial charge in [-0.1, -0.05) is 12.2 Å². The Balaban J connectivity index is 2.71. The van der Waals surface area contributed by atoms with Crippen molar-refractivity contribution in [2.24, 2.45) is 0 Å². The number of rotatable bonds is 4. The van der Waals surface area contributed by atoms with Crippen molar-refractivity contribution in [1.82, 2.24) is 5.32 Å². The molecular formula is C12H12FNO2. The van der Waals surface area contributed by atoms with Crippen molar-refractivity contribution in [3.63, 3.8) is 0 Å². The van der Waals surface area contributed by atoms with Crippen LogP contribution in [0.3, 0.4) is 0 Å². The zero-order valence-electron chi connectivity index (χ0n) is 8.87. The van der Waals surface area contributed by atoms with E-state index in [9.17, 15) is 14.0 Å². The third-order valence-corrected chi connectivity index (χ3v) is 1.92. The van der Waals surface area contributed by atoms with Gasteiger partial charge in [0.1, 0.15) is 12.1 Å². The van der Waals surface area contributed by atoms with Crippen LogP contribution >= 0.6 is 0 Å². The van der Waals surface area contributed by atoms with E-state index in [0.717, 1.165) is 0 Å². The molecule has 0 fully saturated rings. The second-order valence-corrected chi connectivity index (χ2v) is 3.24. The summed E-state index contributed by atoms with van der Waals surface area (Å²) in [5.41, 5.74) is 0.746. The second-order valence-electron chi connectivity index (χ2n) is 3.24. The van der Waals surface area contributed by atoms with E-state index >= 15 is 0 Å².